The predicted molar refractivity (Wildman–Crippen MR) is 67.2 cm³/mol. The average Bonchev–Trinajstić information content (AvgIpc) is 2.65. The zero-order chi connectivity index (χ0) is 11.8. The van der Waals surface area contributed by atoms with E-state index in [-0.39, 0.29) is 0 Å². The highest BCUT2D eigenvalue weighted by molar-refractivity contribution is 5.09. The highest BCUT2D eigenvalue weighted by atomic mass is 16.3. The van der Waals surface area contributed by atoms with Crippen molar-refractivity contribution in [2.24, 2.45) is 13.0 Å². The van der Waals surface area contributed by atoms with Gasteiger partial charge >= 0.3 is 0 Å². The minimum absolute atomic E-state index is 0.303. The van der Waals surface area contributed by atoms with Crippen molar-refractivity contribution >= 4 is 0 Å². The summed E-state index contributed by atoms with van der Waals surface area (Å²) in [5, 5.41) is 12.4. The first-order valence-electron chi connectivity index (χ1n) is 6.18. The van der Waals surface area contributed by atoms with Crippen LogP contribution in [0.25, 0.3) is 0 Å². The molecule has 0 aromatic carbocycles. The van der Waals surface area contributed by atoms with E-state index in [1.807, 2.05) is 7.05 Å². The van der Waals surface area contributed by atoms with E-state index in [0.717, 1.165) is 19.5 Å². The maximum atomic E-state index is 8.95. The van der Waals surface area contributed by atoms with Gasteiger partial charge in [-0.3, -0.25) is 0 Å². The highest BCUT2D eigenvalue weighted by Gasteiger charge is 2.06. The molecule has 3 nitrogen and oxygen atoms in total. The third kappa shape index (κ3) is 4.81. The third-order valence-corrected chi connectivity index (χ3v) is 2.89. The second-order valence-corrected chi connectivity index (χ2v) is 4.48. The highest BCUT2D eigenvalue weighted by Crippen LogP contribution is 2.09. The second-order valence-electron chi connectivity index (χ2n) is 4.48. The van der Waals surface area contributed by atoms with Crippen LogP contribution in [0, 0.1) is 5.92 Å². The zero-order valence-electron chi connectivity index (χ0n) is 10.4. The normalized spacial score (nSPS) is 12.9. The van der Waals surface area contributed by atoms with Crippen molar-refractivity contribution < 1.29 is 5.11 Å². The Morgan fingerprint density at radius 2 is 2.25 bits per heavy atom. The van der Waals surface area contributed by atoms with Crippen LogP contribution >= 0.6 is 0 Å². The molecule has 1 heterocycles. The molecule has 0 aliphatic carbocycles. The minimum atomic E-state index is 0.303. The number of aliphatic hydroxyl groups is 1. The van der Waals surface area contributed by atoms with Gasteiger partial charge in [-0.2, -0.15) is 0 Å². The van der Waals surface area contributed by atoms with Crippen LogP contribution in [0.4, 0.5) is 0 Å². The zero-order valence-corrected chi connectivity index (χ0v) is 10.4. The van der Waals surface area contributed by atoms with Gasteiger partial charge in [0, 0.05) is 32.6 Å². The van der Waals surface area contributed by atoms with Crippen molar-refractivity contribution in [3.05, 3.63) is 24.0 Å². The predicted octanol–water partition coefficient (Wildman–Crippen LogP) is 1.91. The van der Waals surface area contributed by atoms with Gasteiger partial charge in [-0.15, -0.1) is 0 Å². The van der Waals surface area contributed by atoms with Gasteiger partial charge in [0.05, 0.1) is 0 Å². The van der Waals surface area contributed by atoms with Crippen molar-refractivity contribution in [1.82, 2.24) is 9.88 Å². The summed E-state index contributed by atoms with van der Waals surface area (Å²) in [5.41, 5.74) is 1.32. The Morgan fingerprint density at radius 3 is 2.81 bits per heavy atom. The van der Waals surface area contributed by atoms with Gasteiger partial charge in [0.25, 0.3) is 0 Å². The number of hydrogen-bond donors (Lipinski definition) is 2. The van der Waals surface area contributed by atoms with E-state index >= 15 is 0 Å². The van der Waals surface area contributed by atoms with E-state index < -0.39 is 0 Å². The van der Waals surface area contributed by atoms with Crippen molar-refractivity contribution in [2.75, 3.05) is 13.2 Å². The summed E-state index contributed by atoms with van der Waals surface area (Å²) in [6.45, 7) is 4.43. The molecule has 2 N–H and O–H groups in total. The summed E-state index contributed by atoms with van der Waals surface area (Å²) in [6, 6.07) is 2.13. The van der Waals surface area contributed by atoms with E-state index in [0.29, 0.717) is 12.5 Å². The summed E-state index contributed by atoms with van der Waals surface area (Å²) in [5.74, 6) is 0.610. The molecule has 0 amide bonds. The van der Waals surface area contributed by atoms with Gasteiger partial charge < -0.3 is 15.0 Å². The number of aliphatic hydroxyl groups excluding tert-OH is 1. The van der Waals surface area contributed by atoms with Crippen LogP contribution in [0.2, 0.25) is 0 Å². The summed E-state index contributed by atoms with van der Waals surface area (Å²) in [7, 11) is 2.04. The Hall–Kier alpha value is -0.800. The van der Waals surface area contributed by atoms with Gasteiger partial charge in [-0.05, 0) is 36.9 Å². The molecule has 1 atom stereocenters. The molecular weight excluding hydrogens is 200 g/mol. The second kappa shape index (κ2) is 7.47. The fraction of sp³-hybridized carbons (Fsp3) is 0.692. The molecule has 16 heavy (non-hydrogen) atoms. The quantitative estimate of drug-likeness (QED) is 0.708. The number of nitrogens with one attached hydrogen (secondary N) is 1. The molecule has 0 bridgehead atoms. The smallest absolute Gasteiger partial charge is 0.0434 e. The average molecular weight is 224 g/mol. The van der Waals surface area contributed by atoms with E-state index in [9.17, 15) is 0 Å². The number of rotatable bonds is 8. The van der Waals surface area contributed by atoms with E-state index in [4.69, 9.17) is 5.11 Å². The molecule has 0 saturated heterocycles. The number of nitrogens with zero attached hydrogens (tertiary/aromatic N) is 1. The van der Waals surface area contributed by atoms with Crippen LogP contribution in [0.1, 0.15) is 31.7 Å². The Labute approximate surface area is 98.5 Å². The first-order chi connectivity index (χ1) is 7.76. The Kier molecular flexibility index (Phi) is 6.19. The Bertz CT molecular complexity index is 277. The Morgan fingerprint density at radius 1 is 1.44 bits per heavy atom. The molecular formula is C13H24N2O. The molecule has 1 unspecified atom stereocenters. The molecule has 92 valence electrons. The molecule has 0 saturated carbocycles. The number of aromatic nitrogens is 1. The molecule has 0 aliphatic rings. The lowest BCUT2D eigenvalue weighted by molar-refractivity contribution is 0.248. The van der Waals surface area contributed by atoms with Crippen molar-refractivity contribution in [2.45, 2.75) is 32.7 Å². The Balaban J connectivity index is 2.21. The van der Waals surface area contributed by atoms with Crippen LogP contribution in [0.5, 0.6) is 0 Å². The van der Waals surface area contributed by atoms with Crippen LogP contribution < -0.4 is 5.32 Å². The lowest BCUT2D eigenvalue weighted by atomic mass is 10.0. The summed E-state index contributed by atoms with van der Waals surface area (Å²) >= 11 is 0. The topological polar surface area (TPSA) is 37.2 Å². The summed E-state index contributed by atoms with van der Waals surface area (Å²) in [4.78, 5) is 0. The largest absolute Gasteiger partial charge is 0.396 e. The van der Waals surface area contributed by atoms with Gasteiger partial charge in [0.15, 0.2) is 0 Å². The molecule has 0 radical (unpaired) electrons. The van der Waals surface area contributed by atoms with Crippen molar-refractivity contribution in [3.8, 4) is 0 Å². The fourth-order valence-corrected chi connectivity index (χ4v) is 2.03. The third-order valence-electron chi connectivity index (χ3n) is 2.89. The summed E-state index contributed by atoms with van der Waals surface area (Å²) < 4.78 is 2.06. The standard InChI is InChI=1S/C13H24N2O/c1-3-4-12(6-8-16)9-14-10-13-5-7-15(2)11-13/h5,7,11-12,14,16H,3-4,6,8-10H2,1-2H3. The molecule has 0 spiro atoms. The summed E-state index contributed by atoms with van der Waals surface area (Å²) in [6.07, 6.45) is 7.50. The molecule has 1 aromatic heterocycles. The molecule has 3 heteroatoms. The monoisotopic (exact) mass is 224 g/mol. The number of aryl methyl sites for hydroxylation is 1. The molecule has 1 rings (SSSR count). The first-order valence-corrected chi connectivity index (χ1v) is 6.18. The van der Waals surface area contributed by atoms with Gasteiger partial charge in [-0.1, -0.05) is 13.3 Å². The lowest BCUT2D eigenvalue weighted by Crippen LogP contribution is -2.23. The fourth-order valence-electron chi connectivity index (χ4n) is 2.03. The maximum Gasteiger partial charge on any atom is 0.0434 e. The number of hydrogen-bond acceptors (Lipinski definition) is 2. The lowest BCUT2D eigenvalue weighted by Gasteiger charge is -2.15. The van der Waals surface area contributed by atoms with E-state index in [2.05, 4.69) is 35.3 Å². The van der Waals surface area contributed by atoms with Crippen LogP contribution in [0.3, 0.4) is 0 Å². The van der Waals surface area contributed by atoms with Gasteiger partial charge in [0.2, 0.25) is 0 Å². The van der Waals surface area contributed by atoms with Crippen LogP contribution in [0.15, 0.2) is 18.5 Å². The molecule has 0 aliphatic heterocycles. The SMILES string of the molecule is CCCC(CCO)CNCc1ccn(C)c1. The minimum Gasteiger partial charge on any atom is -0.396 e. The maximum absolute atomic E-state index is 8.95. The van der Waals surface area contributed by atoms with E-state index in [1.165, 1.54) is 18.4 Å². The van der Waals surface area contributed by atoms with Crippen molar-refractivity contribution in [3.63, 3.8) is 0 Å². The van der Waals surface area contributed by atoms with Gasteiger partial charge in [-0.25, -0.2) is 0 Å². The van der Waals surface area contributed by atoms with Crippen molar-refractivity contribution in [1.29, 1.82) is 0 Å². The molecule has 0 fully saturated rings. The molecule has 1 aromatic rings. The van der Waals surface area contributed by atoms with Crippen LogP contribution in [-0.4, -0.2) is 22.8 Å². The van der Waals surface area contributed by atoms with E-state index in [1.54, 1.807) is 0 Å². The van der Waals surface area contributed by atoms with Crippen LogP contribution in [-0.2, 0) is 13.6 Å². The first kappa shape index (κ1) is 13.3. The van der Waals surface area contributed by atoms with Gasteiger partial charge in [0.1, 0.15) is 0 Å².